The minimum atomic E-state index is -0.389. The lowest BCUT2D eigenvalue weighted by Gasteiger charge is -2.40. The highest BCUT2D eigenvalue weighted by molar-refractivity contribution is 6.04. The summed E-state index contributed by atoms with van der Waals surface area (Å²) in [6.07, 6.45) is 12.7. The van der Waals surface area contributed by atoms with E-state index in [4.69, 9.17) is 0 Å². The van der Waals surface area contributed by atoms with Gasteiger partial charge >= 0.3 is 0 Å². The van der Waals surface area contributed by atoms with Crippen LogP contribution in [0.25, 0.3) is 0 Å². The number of carbonyl (C=O) groups excluding carboxylic acids is 1. The molecule has 30 heavy (non-hydrogen) atoms. The maximum Gasteiger partial charge on any atom is 0.254 e. The van der Waals surface area contributed by atoms with Crippen molar-refractivity contribution in [3.8, 4) is 0 Å². The molecule has 3 N–H and O–H groups in total. The van der Waals surface area contributed by atoms with E-state index >= 15 is 0 Å². The van der Waals surface area contributed by atoms with Gasteiger partial charge < -0.3 is 25.5 Å². The second kappa shape index (κ2) is 6.14. The highest BCUT2D eigenvalue weighted by Crippen LogP contribution is 2.51. The topological polar surface area (TPSA) is 67.8 Å². The molecular weight excluding hydrogens is 376 g/mol. The zero-order valence-electron chi connectivity index (χ0n) is 17.5. The van der Waals surface area contributed by atoms with Crippen molar-refractivity contribution in [2.75, 3.05) is 35.7 Å². The number of allylic oxidation sites excluding steroid dienone is 4. The Morgan fingerprint density at radius 1 is 1.27 bits per heavy atom. The van der Waals surface area contributed by atoms with E-state index in [9.17, 15) is 9.90 Å². The van der Waals surface area contributed by atoms with Crippen molar-refractivity contribution >= 4 is 23.0 Å². The molecule has 1 spiro atoms. The zero-order chi connectivity index (χ0) is 20.6. The zero-order valence-corrected chi connectivity index (χ0v) is 17.5. The lowest BCUT2D eigenvalue weighted by molar-refractivity contribution is 0.00582. The summed E-state index contributed by atoms with van der Waals surface area (Å²) in [7, 11) is 2.07. The molecule has 0 radical (unpaired) electrons. The number of hydrogen-bond donors (Lipinski definition) is 3. The third kappa shape index (κ3) is 2.49. The number of aliphatic hydroxyl groups excluding tert-OH is 1. The Hall–Kier alpha value is -2.73. The lowest BCUT2D eigenvalue weighted by atomic mass is 9.82. The molecule has 2 unspecified atom stereocenters. The van der Waals surface area contributed by atoms with E-state index in [0.29, 0.717) is 13.1 Å². The molecule has 5 aliphatic rings. The molecule has 1 saturated heterocycles. The number of carbonyl (C=O) groups is 1. The van der Waals surface area contributed by atoms with E-state index in [2.05, 4.69) is 59.9 Å². The van der Waals surface area contributed by atoms with Crippen molar-refractivity contribution in [3.05, 3.63) is 52.6 Å². The summed E-state index contributed by atoms with van der Waals surface area (Å²) < 4.78 is 0. The molecule has 1 fully saturated rings. The molecule has 0 saturated carbocycles. The van der Waals surface area contributed by atoms with Crippen molar-refractivity contribution < 1.29 is 9.90 Å². The predicted octanol–water partition coefficient (Wildman–Crippen LogP) is 3.02. The van der Waals surface area contributed by atoms with E-state index in [-0.39, 0.29) is 23.7 Å². The number of benzene rings is 1. The summed E-state index contributed by atoms with van der Waals surface area (Å²) in [4.78, 5) is 17.2. The third-order valence-corrected chi connectivity index (χ3v) is 7.44. The normalized spacial score (nSPS) is 28.8. The first-order valence-electron chi connectivity index (χ1n) is 11.0. The molecule has 0 bridgehead atoms. The number of nitrogens with zero attached hydrogens (tertiary/aromatic N) is 2. The minimum absolute atomic E-state index is 0.0374. The predicted molar refractivity (Wildman–Crippen MR) is 119 cm³/mol. The number of anilines is 3. The molecule has 6 heteroatoms. The van der Waals surface area contributed by atoms with Crippen LogP contribution in [0.5, 0.6) is 0 Å². The van der Waals surface area contributed by atoms with Crippen LogP contribution < -0.4 is 15.5 Å². The summed E-state index contributed by atoms with van der Waals surface area (Å²) in [5.74, 6) is 0.0374. The first-order valence-corrected chi connectivity index (χ1v) is 11.0. The smallest absolute Gasteiger partial charge is 0.254 e. The second-order valence-corrected chi connectivity index (χ2v) is 9.42. The van der Waals surface area contributed by atoms with Gasteiger partial charge in [-0.2, -0.15) is 0 Å². The Balaban J connectivity index is 1.44. The SMILES string of the molecule is CC1Nc2c(cc(C(=O)N3CC(O)C3)c3c2NC2(C=C4CC=CC=C4C2)CC3)N1C. The van der Waals surface area contributed by atoms with Gasteiger partial charge in [-0.05, 0) is 55.4 Å². The van der Waals surface area contributed by atoms with Gasteiger partial charge in [-0.15, -0.1) is 0 Å². The second-order valence-electron chi connectivity index (χ2n) is 9.42. The summed E-state index contributed by atoms with van der Waals surface area (Å²) >= 11 is 0. The monoisotopic (exact) mass is 404 g/mol. The molecular formula is C24H28N4O2. The number of rotatable bonds is 1. The van der Waals surface area contributed by atoms with Crippen LogP contribution in [0.15, 0.2) is 41.5 Å². The van der Waals surface area contributed by atoms with Crippen LogP contribution in [-0.4, -0.2) is 53.9 Å². The molecule has 3 heterocycles. The Morgan fingerprint density at radius 2 is 2.10 bits per heavy atom. The lowest BCUT2D eigenvalue weighted by Crippen LogP contribution is -2.53. The maximum atomic E-state index is 13.3. The summed E-state index contributed by atoms with van der Waals surface area (Å²) in [6, 6.07) is 2.05. The van der Waals surface area contributed by atoms with Crippen LogP contribution >= 0.6 is 0 Å². The van der Waals surface area contributed by atoms with Crippen LogP contribution in [0.1, 0.15) is 42.1 Å². The summed E-state index contributed by atoms with van der Waals surface area (Å²) in [5, 5.41) is 17.2. The molecule has 1 amide bonds. The van der Waals surface area contributed by atoms with Crippen LogP contribution in [0.2, 0.25) is 0 Å². The Labute approximate surface area is 176 Å². The fourth-order valence-electron chi connectivity index (χ4n) is 5.59. The Bertz CT molecular complexity index is 1050. The van der Waals surface area contributed by atoms with Crippen LogP contribution in [0.4, 0.5) is 17.1 Å². The standard InChI is InChI=1S/C24H28N4O2/c1-14-25-22-20(27(14)2)9-19(23(30)28-12-17(29)13-28)18-7-8-24(26-21(18)22)10-15-5-3-4-6-16(15)11-24/h3-5,9,11,14,17,25-26,29H,6-8,10,12-13H2,1-2H3. The number of fused-ring (bicyclic) bond motifs is 4. The molecule has 1 aromatic rings. The van der Waals surface area contributed by atoms with Crippen molar-refractivity contribution in [1.29, 1.82) is 0 Å². The van der Waals surface area contributed by atoms with E-state index in [1.807, 2.05) is 0 Å². The average Bonchev–Trinajstić information content (AvgIpc) is 3.21. The van der Waals surface area contributed by atoms with Crippen LogP contribution in [-0.2, 0) is 6.42 Å². The number of aliphatic hydroxyl groups is 1. The maximum absolute atomic E-state index is 13.3. The van der Waals surface area contributed by atoms with E-state index < -0.39 is 0 Å². The molecule has 156 valence electrons. The molecule has 3 aliphatic heterocycles. The third-order valence-electron chi connectivity index (χ3n) is 7.44. The van der Waals surface area contributed by atoms with Gasteiger partial charge in [-0.3, -0.25) is 4.79 Å². The van der Waals surface area contributed by atoms with Gasteiger partial charge in [0.05, 0.1) is 34.9 Å². The van der Waals surface area contributed by atoms with E-state index in [1.54, 1.807) is 4.90 Å². The van der Waals surface area contributed by atoms with Gasteiger partial charge in [0.15, 0.2) is 0 Å². The Morgan fingerprint density at radius 3 is 2.87 bits per heavy atom. The van der Waals surface area contributed by atoms with Crippen molar-refractivity contribution in [1.82, 2.24) is 4.90 Å². The van der Waals surface area contributed by atoms with Gasteiger partial charge in [-0.1, -0.05) is 24.3 Å². The fourth-order valence-corrected chi connectivity index (χ4v) is 5.59. The van der Waals surface area contributed by atoms with Crippen molar-refractivity contribution in [2.24, 2.45) is 0 Å². The van der Waals surface area contributed by atoms with E-state index in [0.717, 1.165) is 53.9 Å². The molecule has 2 atom stereocenters. The molecule has 2 aliphatic carbocycles. The van der Waals surface area contributed by atoms with Gasteiger partial charge in [0.2, 0.25) is 0 Å². The highest BCUT2D eigenvalue weighted by Gasteiger charge is 2.43. The summed E-state index contributed by atoms with van der Waals surface area (Å²) in [5.41, 5.74) is 7.96. The largest absolute Gasteiger partial charge is 0.389 e. The van der Waals surface area contributed by atoms with Crippen molar-refractivity contribution in [3.63, 3.8) is 0 Å². The number of likely N-dealkylation sites (tertiary alicyclic amines) is 1. The van der Waals surface area contributed by atoms with Gasteiger partial charge in [0, 0.05) is 25.7 Å². The van der Waals surface area contributed by atoms with Crippen LogP contribution in [0, 0.1) is 0 Å². The van der Waals surface area contributed by atoms with Gasteiger partial charge in [-0.25, -0.2) is 0 Å². The quantitative estimate of drug-likeness (QED) is 0.671. The molecule has 1 aromatic carbocycles. The van der Waals surface area contributed by atoms with Crippen molar-refractivity contribution in [2.45, 2.75) is 50.4 Å². The van der Waals surface area contributed by atoms with Gasteiger partial charge in [0.1, 0.15) is 0 Å². The number of nitrogens with one attached hydrogen (secondary N) is 2. The first-order chi connectivity index (χ1) is 14.4. The molecule has 6 rings (SSSR count). The first kappa shape index (κ1) is 18.1. The average molecular weight is 405 g/mol. The highest BCUT2D eigenvalue weighted by atomic mass is 16.3. The van der Waals surface area contributed by atoms with Gasteiger partial charge in [0.25, 0.3) is 5.91 Å². The molecule has 6 nitrogen and oxygen atoms in total. The summed E-state index contributed by atoms with van der Waals surface area (Å²) in [6.45, 7) is 3.00. The number of amides is 1. The van der Waals surface area contributed by atoms with E-state index in [1.165, 1.54) is 11.1 Å². The number of β-amino-alcohol motifs (C(OH)–C–C–N with tert-alkyl or cyclic N) is 1. The molecule has 0 aromatic heterocycles. The minimum Gasteiger partial charge on any atom is -0.389 e. The fraction of sp³-hybridized carbons (Fsp3) is 0.458. The number of hydrogen-bond acceptors (Lipinski definition) is 5. The van der Waals surface area contributed by atoms with Crippen LogP contribution in [0.3, 0.4) is 0 Å². The Kier molecular flexibility index (Phi) is 3.70.